The van der Waals surface area contributed by atoms with Crippen LogP contribution in [0.2, 0.25) is 0 Å². The molecule has 1 amide bonds. The number of carbonyl (C=O) groups is 3. The first-order valence-electron chi connectivity index (χ1n) is 7.77. The Labute approximate surface area is 179 Å². The summed E-state index contributed by atoms with van der Waals surface area (Å²) in [7, 11) is -2.66. The topological polar surface area (TPSA) is 193 Å². The van der Waals surface area contributed by atoms with E-state index < -0.39 is 39.9 Å². The van der Waals surface area contributed by atoms with Gasteiger partial charge in [0.25, 0.3) is 0 Å². The van der Waals surface area contributed by atoms with Gasteiger partial charge in [0.05, 0.1) is 11.9 Å². The number of nitrogens with one attached hydrogen (secondary N) is 2. The fourth-order valence-corrected chi connectivity index (χ4v) is 2.41. The molecule has 147 valence electrons. The van der Waals surface area contributed by atoms with Crippen LogP contribution in [0.4, 0.5) is 0 Å². The van der Waals surface area contributed by atoms with Crippen molar-refractivity contribution in [1.29, 1.82) is 5.41 Å². The Bertz CT molecular complexity index is 576. The summed E-state index contributed by atoms with van der Waals surface area (Å²) >= 11 is 0. The minimum Gasteiger partial charge on any atom is -0.480 e. The molecule has 0 aliphatic carbocycles. The molecule has 26 heavy (non-hydrogen) atoms. The zero-order chi connectivity index (χ0) is 19.6. The normalized spacial score (nSPS) is 14.0. The molecule has 7 N–H and O–H groups in total. The maximum atomic E-state index is 11.9. The predicted molar refractivity (Wildman–Crippen MR) is 90.4 cm³/mol. The van der Waals surface area contributed by atoms with Gasteiger partial charge in [-0.3, -0.25) is 19.8 Å². The fourth-order valence-electron chi connectivity index (χ4n) is 2.00. The van der Waals surface area contributed by atoms with Crippen LogP contribution in [0.3, 0.4) is 0 Å². The SMILES string of the molecule is CC(C(NC(=O)CCC(=O)C(N)CCCCC(=N)N)C(=O)O)[S-](=O)=O.[Y]. The van der Waals surface area contributed by atoms with Crippen LogP contribution in [-0.4, -0.2) is 45.9 Å². The smallest absolute Gasteiger partial charge is 0.324 e. The zero-order valence-corrected chi connectivity index (χ0v) is 18.3. The molecule has 0 aromatic rings. The van der Waals surface area contributed by atoms with Crippen LogP contribution < -0.4 is 16.8 Å². The van der Waals surface area contributed by atoms with Crippen molar-refractivity contribution in [2.75, 3.05) is 0 Å². The van der Waals surface area contributed by atoms with Crippen molar-refractivity contribution in [1.82, 2.24) is 5.32 Å². The van der Waals surface area contributed by atoms with Crippen molar-refractivity contribution in [2.45, 2.75) is 62.8 Å². The number of amidine groups is 1. The molecule has 0 saturated heterocycles. The predicted octanol–water partition coefficient (Wildman–Crippen LogP) is -0.576. The zero-order valence-electron chi connectivity index (χ0n) is 14.6. The second kappa shape index (κ2) is 14.2. The first-order chi connectivity index (χ1) is 11.6. The van der Waals surface area contributed by atoms with Crippen molar-refractivity contribution >= 4 is 34.2 Å². The van der Waals surface area contributed by atoms with Crippen molar-refractivity contribution < 1.29 is 60.6 Å². The Morgan fingerprint density at radius 2 is 1.73 bits per heavy atom. The summed E-state index contributed by atoms with van der Waals surface area (Å²) in [6.45, 7) is 1.16. The van der Waals surface area contributed by atoms with Gasteiger partial charge in [0.2, 0.25) is 5.91 Å². The van der Waals surface area contributed by atoms with Gasteiger partial charge in [-0.2, -0.15) is 0 Å². The van der Waals surface area contributed by atoms with E-state index in [1.165, 1.54) is 0 Å². The Morgan fingerprint density at radius 1 is 1.15 bits per heavy atom. The van der Waals surface area contributed by atoms with Crippen LogP contribution >= 0.6 is 0 Å². The minimum atomic E-state index is -2.66. The number of hydrogen-bond donors (Lipinski definition) is 5. The molecule has 1 radical (unpaired) electrons. The summed E-state index contributed by atoms with van der Waals surface area (Å²) < 4.78 is 21.7. The molecule has 0 aliphatic heterocycles. The summed E-state index contributed by atoms with van der Waals surface area (Å²) in [5.74, 6) is -2.48. The third kappa shape index (κ3) is 11.7. The van der Waals surface area contributed by atoms with Gasteiger partial charge in [0, 0.05) is 52.0 Å². The number of rotatable bonds is 13. The molecule has 3 atom stereocenters. The number of unbranched alkanes of at least 4 members (excludes halogenated alkanes) is 1. The number of nitrogens with two attached hydrogens (primary N) is 2. The van der Waals surface area contributed by atoms with E-state index in [2.05, 4.69) is 5.32 Å². The fraction of sp³-hybridized carbons (Fsp3) is 0.714. The van der Waals surface area contributed by atoms with Gasteiger partial charge < -0.3 is 30.3 Å². The Morgan fingerprint density at radius 3 is 2.19 bits per heavy atom. The van der Waals surface area contributed by atoms with Crippen LogP contribution in [0.1, 0.15) is 45.4 Å². The van der Waals surface area contributed by atoms with Gasteiger partial charge in [0.15, 0.2) is 0 Å². The monoisotopic (exact) mass is 466 g/mol. The summed E-state index contributed by atoms with van der Waals surface area (Å²) in [6.07, 6.45) is 1.65. The molecule has 0 fully saturated rings. The van der Waals surface area contributed by atoms with Crippen LogP contribution in [0.25, 0.3) is 0 Å². The van der Waals surface area contributed by atoms with Crippen LogP contribution in [-0.2, 0) is 66.2 Å². The average Bonchev–Trinajstić information content (AvgIpc) is 2.52. The molecular weight excluding hydrogens is 441 g/mol. The van der Waals surface area contributed by atoms with Gasteiger partial charge in [-0.15, -0.1) is 0 Å². The molecule has 3 unspecified atom stereocenters. The van der Waals surface area contributed by atoms with E-state index in [1.54, 1.807) is 0 Å². The van der Waals surface area contributed by atoms with E-state index in [9.17, 15) is 22.8 Å². The third-order valence-electron chi connectivity index (χ3n) is 3.58. The first-order valence-corrected chi connectivity index (χ1v) is 8.91. The number of ketones is 1. The van der Waals surface area contributed by atoms with Gasteiger partial charge >= 0.3 is 5.97 Å². The number of carbonyl (C=O) groups excluding carboxylic acids is 2. The first kappa shape index (κ1) is 27.3. The second-order valence-corrected chi connectivity index (χ2v) is 6.96. The van der Waals surface area contributed by atoms with Gasteiger partial charge in [-0.05, 0) is 18.1 Å². The van der Waals surface area contributed by atoms with Gasteiger partial charge in [-0.25, -0.2) is 0 Å². The number of Topliss-reactive ketones (excluding diaryl/α,β-unsaturated/α-hetero) is 1. The summed E-state index contributed by atoms with van der Waals surface area (Å²) in [6, 6.07) is -2.33. The molecular formula is C14H25N4O6SY-. The van der Waals surface area contributed by atoms with Gasteiger partial charge in [-0.1, -0.05) is 24.0 Å². The second-order valence-electron chi connectivity index (χ2n) is 5.69. The Hall–Kier alpha value is -0.906. The van der Waals surface area contributed by atoms with Crippen molar-refractivity contribution in [3.8, 4) is 0 Å². The van der Waals surface area contributed by atoms with Gasteiger partial charge in [0.1, 0.15) is 11.8 Å². The molecule has 0 saturated carbocycles. The maximum Gasteiger partial charge on any atom is 0.324 e. The van der Waals surface area contributed by atoms with E-state index in [-0.39, 0.29) is 57.2 Å². The number of amides is 1. The standard InChI is InChI=1S/C14H25N4O6S.Y/c1-8(25(23)24)13(14(21)22)18-12(20)7-6-10(19)9(15)4-2-3-5-11(16)17;/h8-9,13H,2-7,15H2,1H3,(H3,16,17)(H,18,20)(H,21,22);/q-1;. The van der Waals surface area contributed by atoms with Crippen LogP contribution in [0.15, 0.2) is 0 Å². The van der Waals surface area contributed by atoms with Crippen molar-refractivity contribution in [3.63, 3.8) is 0 Å². The number of carboxylic acid groups (broad SMARTS) is 1. The number of carboxylic acids is 1. The number of aliphatic carboxylic acids is 1. The molecule has 0 rings (SSSR count). The average molecular weight is 466 g/mol. The van der Waals surface area contributed by atoms with E-state index in [1.807, 2.05) is 0 Å². The number of hydrogen-bond acceptors (Lipinski definition) is 8. The molecule has 12 heteroatoms. The van der Waals surface area contributed by atoms with Crippen molar-refractivity contribution in [3.05, 3.63) is 0 Å². The van der Waals surface area contributed by atoms with E-state index in [0.29, 0.717) is 25.7 Å². The summed E-state index contributed by atoms with van der Waals surface area (Å²) in [5.41, 5.74) is 10.9. The summed E-state index contributed by atoms with van der Waals surface area (Å²) in [5, 5.41) is 16.8. The molecule has 0 aromatic carbocycles. The molecule has 10 nitrogen and oxygen atoms in total. The van der Waals surface area contributed by atoms with E-state index in [4.69, 9.17) is 22.0 Å². The summed E-state index contributed by atoms with van der Waals surface area (Å²) in [4.78, 5) is 34.6. The third-order valence-corrected chi connectivity index (χ3v) is 4.46. The largest absolute Gasteiger partial charge is 0.480 e. The van der Waals surface area contributed by atoms with E-state index >= 15 is 0 Å². The van der Waals surface area contributed by atoms with Crippen LogP contribution in [0, 0.1) is 5.41 Å². The van der Waals surface area contributed by atoms with Crippen LogP contribution in [0.5, 0.6) is 0 Å². The Kier molecular flexibility index (Phi) is 14.9. The maximum absolute atomic E-state index is 11.9. The minimum absolute atomic E-state index is 0. The molecule has 0 spiro atoms. The van der Waals surface area contributed by atoms with E-state index in [0.717, 1.165) is 6.92 Å². The Balaban J connectivity index is 0. The quantitative estimate of drug-likeness (QED) is 0.103. The molecule has 0 bridgehead atoms. The van der Waals surface area contributed by atoms with Crippen molar-refractivity contribution in [2.24, 2.45) is 11.5 Å². The molecule has 0 aliphatic rings. The molecule has 0 heterocycles. The molecule has 0 aromatic heterocycles.